The van der Waals surface area contributed by atoms with E-state index in [1.54, 1.807) is 11.7 Å². The number of aromatic amines is 1. The Morgan fingerprint density at radius 2 is 1.73 bits per heavy atom. The zero-order valence-electron chi connectivity index (χ0n) is 24.7. The molecule has 218 valence electrons. The number of imidazole rings is 1. The van der Waals surface area contributed by atoms with Crippen LogP contribution in [0.4, 0.5) is 0 Å². The molecule has 0 radical (unpaired) electrons. The molecule has 1 aliphatic heterocycles. The summed E-state index contributed by atoms with van der Waals surface area (Å²) < 4.78 is 8.17. The summed E-state index contributed by atoms with van der Waals surface area (Å²) >= 11 is 8.37. The number of benzene rings is 1. The summed E-state index contributed by atoms with van der Waals surface area (Å²) in [6.45, 7) is 14.4. The van der Waals surface area contributed by atoms with Gasteiger partial charge >= 0.3 is 0 Å². The standard InChI is InChI=1S/C30H37ClN6O3S/c1-29(2,3)19-12-18(13-20(24(19)40-7)30(4,5)6)22-25(31)41-28(35-22)17-8-10-36(11-9-17)21(38)14-37-16-34-26-23(37)27(39)33-15-32-26/h12-13,15-17H,8-11,14H2,1-7H3,(H,32,33,39). The molecule has 0 saturated carbocycles. The van der Waals surface area contributed by atoms with Gasteiger partial charge in [0, 0.05) is 35.7 Å². The normalized spacial score (nSPS) is 15.1. The zero-order chi connectivity index (χ0) is 29.7. The van der Waals surface area contributed by atoms with Crippen molar-refractivity contribution in [2.45, 2.75) is 77.7 Å². The quantitative estimate of drug-likeness (QED) is 0.307. The van der Waals surface area contributed by atoms with Gasteiger partial charge in [0.25, 0.3) is 5.56 Å². The molecule has 0 bridgehead atoms. The lowest BCUT2D eigenvalue weighted by molar-refractivity contribution is -0.132. The van der Waals surface area contributed by atoms with Crippen molar-refractivity contribution in [3.8, 4) is 17.0 Å². The third-order valence-corrected chi connectivity index (χ3v) is 9.12. The molecule has 1 amide bonds. The van der Waals surface area contributed by atoms with Crippen molar-refractivity contribution in [1.29, 1.82) is 0 Å². The first-order valence-electron chi connectivity index (χ1n) is 13.8. The Labute approximate surface area is 248 Å². The maximum Gasteiger partial charge on any atom is 0.276 e. The molecule has 1 saturated heterocycles. The Morgan fingerprint density at radius 1 is 1.10 bits per heavy atom. The zero-order valence-corrected chi connectivity index (χ0v) is 26.2. The van der Waals surface area contributed by atoms with Gasteiger partial charge in [-0.2, -0.15) is 0 Å². The van der Waals surface area contributed by atoms with Crippen molar-refractivity contribution >= 4 is 40.0 Å². The monoisotopic (exact) mass is 596 g/mol. The summed E-state index contributed by atoms with van der Waals surface area (Å²) in [5.41, 5.74) is 4.13. The van der Waals surface area contributed by atoms with Crippen molar-refractivity contribution in [2.75, 3.05) is 20.2 Å². The highest BCUT2D eigenvalue weighted by atomic mass is 35.5. The average molecular weight is 597 g/mol. The van der Waals surface area contributed by atoms with Gasteiger partial charge in [0.1, 0.15) is 22.3 Å². The molecule has 1 fully saturated rings. The third kappa shape index (κ3) is 5.77. The van der Waals surface area contributed by atoms with Crippen molar-refractivity contribution in [3.05, 3.63) is 55.6 Å². The first-order valence-corrected chi connectivity index (χ1v) is 15.0. The Hall–Kier alpha value is -3.24. The maximum atomic E-state index is 13.1. The Morgan fingerprint density at radius 3 is 2.32 bits per heavy atom. The van der Waals surface area contributed by atoms with Gasteiger partial charge in [0.2, 0.25) is 5.91 Å². The lowest BCUT2D eigenvalue weighted by Gasteiger charge is -2.31. The lowest BCUT2D eigenvalue weighted by Crippen LogP contribution is -2.39. The van der Waals surface area contributed by atoms with Crippen LogP contribution in [0.15, 0.2) is 29.6 Å². The minimum atomic E-state index is -0.309. The third-order valence-electron chi connectivity index (χ3n) is 7.70. The number of H-pyrrole nitrogens is 1. The fourth-order valence-electron chi connectivity index (χ4n) is 5.43. The van der Waals surface area contributed by atoms with Crippen molar-refractivity contribution in [2.24, 2.45) is 0 Å². The number of nitrogens with zero attached hydrogens (tertiary/aromatic N) is 5. The second kappa shape index (κ2) is 10.9. The van der Waals surface area contributed by atoms with E-state index < -0.39 is 0 Å². The number of halogens is 1. The van der Waals surface area contributed by atoms with E-state index >= 15 is 0 Å². The summed E-state index contributed by atoms with van der Waals surface area (Å²) in [5.74, 6) is 1.09. The Kier molecular flexibility index (Phi) is 7.76. The molecule has 4 heterocycles. The summed E-state index contributed by atoms with van der Waals surface area (Å²) in [6, 6.07) is 4.33. The van der Waals surface area contributed by atoms with E-state index in [0.29, 0.717) is 28.6 Å². The van der Waals surface area contributed by atoms with Gasteiger partial charge in [-0.15, -0.1) is 11.3 Å². The highest BCUT2D eigenvalue weighted by Gasteiger charge is 2.31. The number of hydrogen-bond acceptors (Lipinski definition) is 7. The summed E-state index contributed by atoms with van der Waals surface area (Å²) in [5, 5.41) is 1.00. The van der Waals surface area contributed by atoms with Crippen LogP contribution in [0.5, 0.6) is 5.75 Å². The number of likely N-dealkylation sites (tertiary alicyclic amines) is 1. The van der Waals surface area contributed by atoms with Crippen LogP contribution < -0.4 is 10.3 Å². The number of carbonyl (C=O) groups is 1. The molecule has 11 heteroatoms. The van der Waals surface area contributed by atoms with Gasteiger partial charge < -0.3 is 19.2 Å². The summed E-state index contributed by atoms with van der Waals surface area (Å²) in [6.07, 6.45) is 4.40. The molecule has 4 aromatic rings. The predicted octanol–water partition coefficient (Wildman–Crippen LogP) is 5.91. The summed E-state index contributed by atoms with van der Waals surface area (Å²) in [7, 11) is 1.74. The van der Waals surface area contributed by atoms with Gasteiger partial charge in [-0.25, -0.2) is 15.0 Å². The second-order valence-electron chi connectivity index (χ2n) is 12.7. The van der Waals surface area contributed by atoms with E-state index in [4.69, 9.17) is 21.3 Å². The predicted molar refractivity (Wildman–Crippen MR) is 163 cm³/mol. The number of hydrogen-bond donors (Lipinski definition) is 1. The fourth-order valence-corrected chi connectivity index (χ4v) is 6.80. The van der Waals surface area contributed by atoms with E-state index in [1.807, 2.05) is 4.90 Å². The molecule has 3 aromatic heterocycles. The Bertz CT molecular complexity index is 1620. The van der Waals surface area contributed by atoms with Crippen LogP contribution in [0.3, 0.4) is 0 Å². The molecule has 1 aromatic carbocycles. The molecular formula is C30H37ClN6O3S. The first-order chi connectivity index (χ1) is 19.3. The van der Waals surface area contributed by atoms with Crippen molar-refractivity contribution < 1.29 is 9.53 Å². The van der Waals surface area contributed by atoms with E-state index in [9.17, 15) is 9.59 Å². The number of aromatic nitrogens is 5. The highest BCUT2D eigenvalue weighted by Crippen LogP contribution is 2.45. The average Bonchev–Trinajstić information content (AvgIpc) is 3.51. The van der Waals surface area contributed by atoms with Gasteiger partial charge in [-0.3, -0.25) is 9.59 Å². The molecule has 41 heavy (non-hydrogen) atoms. The number of thiazole rings is 1. The topological polar surface area (TPSA) is 106 Å². The number of piperidine rings is 1. The van der Waals surface area contributed by atoms with Crippen LogP contribution in [-0.2, 0) is 22.2 Å². The molecule has 9 nitrogen and oxygen atoms in total. The number of ether oxygens (including phenoxy) is 1. The molecule has 0 spiro atoms. The van der Waals surface area contributed by atoms with Crippen LogP contribution in [-0.4, -0.2) is 55.5 Å². The van der Waals surface area contributed by atoms with Crippen molar-refractivity contribution in [3.63, 3.8) is 0 Å². The number of amides is 1. The molecule has 0 atom stereocenters. The molecule has 1 N–H and O–H groups in total. The number of fused-ring (bicyclic) bond motifs is 1. The van der Waals surface area contributed by atoms with Crippen LogP contribution >= 0.6 is 22.9 Å². The van der Waals surface area contributed by atoms with Crippen molar-refractivity contribution in [1.82, 2.24) is 29.4 Å². The minimum absolute atomic E-state index is 0.0485. The molecule has 1 aliphatic rings. The lowest BCUT2D eigenvalue weighted by atomic mass is 9.78. The largest absolute Gasteiger partial charge is 0.496 e. The highest BCUT2D eigenvalue weighted by molar-refractivity contribution is 7.16. The van der Waals surface area contributed by atoms with E-state index in [-0.39, 0.29) is 34.8 Å². The number of methoxy groups -OCH3 is 1. The molecule has 5 rings (SSSR count). The first kappa shape index (κ1) is 29.3. The van der Waals surface area contributed by atoms with Crippen LogP contribution in [0.1, 0.15) is 76.4 Å². The minimum Gasteiger partial charge on any atom is -0.496 e. The van der Waals surface area contributed by atoms with E-state index in [2.05, 4.69) is 68.6 Å². The van der Waals surface area contributed by atoms with Gasteiger partial charge in [-0.05, 0) is 35.8 Å². The van der Waals surface area contributed by atoms with Crippen LogP contribution in [0.2, 0.25) is 4.34 Å². The Balaban J connectivity index is 1.35. The van der Waals surface area contributed by atoms with E-state index in [0.717, 1.165) is 46.0 Å². The fraction of sp³-hybridized carbons (Fsp3) is 0.500. The SMILES string of the molecule is COc1c(C(C)(C)C)cc(-c2nc(C3CCN(C(=O)Cn4cnc5nc[nH]c(=O)c54)CC3)sc2Cl)cc1C(C)(C)C. The maximum absolute atomic E-state index is 13.1. The smallest absolute Gasteiger partial charge is 0.276 e. The van der Waals surface area contributed by atoms with Gasteiger partial charge in [0.05, 0.1) is 24.8 Å². The van der Waals surface area contributed by atoms with Gasteiger partial charge in [-0.1, -0.05) is 53.1 Å². The molecule has 0 aliphatic carbocycles. The van der Waals surface area contributed by atoms with Crippen LogP contribution in [0.25, 0.3) is 22.4 Å². The molecular weight excluding hydrogens is 560 g/mol. The number of nitrogens with one attached hydrogen (secondary N) is 1. The van der Waals surface area contributed by atoms with E-state index in [1.165, 1.54) is 24.0 Å². The second-order valence-corrected chi connectivity index (χ2v) is 14.3. The molecule has 0 unspecified atom stereocenters. The summed E-state index contributed by atoms with van der Waals surface area (Å²) in [4.78, 5) is 43.0. The number of carbonyl (C=O) groups excluding carboxylic acids is 1. The number of rotatable bonds is 5. The van der Waals surface area contributed by atoms with Crippen LogP contribution in [0, 0.1) is 0 Å². The van der Waals surface area contributed by atoms with Gasteiger partial charge in [0.15, 0.2) is 11.2 Å².